The van der Waals surface area contributed by atoms with E-state index in [1.54, 1.807) is 37.8 Å². The largest absolute Gasteiger partial charge is 0.444 e. The Labute approximate surface area is 211 Å². The predicted octanol–water partition coefficient (Wildman–Crippen LogP) is 3.20. The zero-order valence-electron chi connectivity index (χ0n) is 21.0. The van der Waals surface area contributed by atoms with E-state index >= 15 is 0 Å². The molecule has 2 aromatic rings. The molecule has 0 aliphatic carbocycles. The molecule has 192 valence electrons. The highest BCUT2D eigenvalue weighted by atomic mass is 16.6. The van der Waals surface area contributed by atoms with Crippen LogP contribution in [0.1, 0.15) is 44.7 Å². The van der Waals surface area contributed by atoms with E-state index in [0.717, 1.165) is 11.1 Å². The second kappa shape index (κ2) is 12.2. The molecule has 1 fully saturated rings. The minimum absolute atomic E-state index is 0.0355. The Hall–Kier alpha value is -3.88. The van der Waals surface area contributed by atoms with Gasteiger partial charge in [0, 0.05) is 44.7 Å². The van der Waals surface area contributed by atoms with Crippen molar-refractivity contribution in [1.29, 1.82) is 0 Å². The molecule has 2 aromatic carbocycles. The van der Waals surface area contributed by atoms with Crippen molar-refractivity contribution in [2.45, 2.75) is 52.3 Å². The van der Waals surface area contributed by atoms with Crippen LogP contribution < -0.4 is 16.0 Å². The van der Waals surface area contributed by atoms with Gasteiger partial charge in [0.25, 0.3) is 0 Å². The predicted molar refractivity (Wildman–Crippen MR) is 136 cm³/mol. The third-order valence-corrected chi connectivity index (χ3v) is 5.57. The van der Waals surface area contributed by atoms with Gasteiger partial charge in [0.05, 0.1) is 5.92 Å². The molecule has 9 nitrogen and oxygen atoms in total. The lowest BCUT2D eigenvalue weighted by Crippen LogP contribution is -2.34. The Bertz CT molecular complexity index is 1080. The van der Waals surface area contributed by atoms with Crippen molar-refractivity contribution in [1.82, 2.24) is 15.5 Å². The fourth-order valence-electron chi connectivity index (χ4n) is 3.83. The number of nitrogens with zero attached hydrogens (tertiary/aromatic N) is 1. The van der Waals surface area contributed by atoms with Crippen LogP contribution in [0.4, 0.5) is 10.5 Å². The monoisotopic (exact) mass is 494 g/mol. The molecule has 1 heterocycles. The molecule has 3 rings (SSSR count). The maximum atomic E-state index is 12.8. The van der Waals surface area contributed by atoms with Gasteiger partial charge in [0.2, 0.25) is 17.7 Å². The minimum Gasteiger partial charge on any atom is -0.444 e. The number of carbonyl (C=O) groups excluding carboxylic acids is 4. The smallest absolute Gasteiger partial charge is 0.407 e. The lowest BCUT2D eigenvalue weighted by Gasteiger charge is -2.19. The SMILES string of the molecule is CC(C)(C)OC(=O)NCCC(=O)Nc1ccccc1CNC(=O)C1CC(=O)N(Cc2ccccc2)C1. The number of alkyl carbamates (subject to hydrolysis) is 1. The molecule has 0 radical (unpaired) electrons. The van der Waals surface area contributed by atoms with Crippen molar-refractivity contribution in [2.75, 3.05) is 18.4 Å². The van der Waals surface area contributed by atoms with Crippen molar-refractivity contribution in [2.24, 2.45) is 5.92 Å². The van der Waals surface area contributed by atoms with E-state index in [9.17, 15) is 19.2 Å². The number of nitrogens with one attached hydrogen (secondary N) is 3. The van der Waals surface area contributed by atoms with Gasteiger partial charge in [-0.2, -0.15) is 0 Å². The highest BCUT2D eigenvalue weighted by Gasteiger charge is 2.34. The van der Waals surface area contributed by atoms with Gasteiger partial charge in [-0.15, -0.1) is 0 Å². The lowest BCUT2D eigenvalue weighted by molar-refractivity contribution is -0.129. The number of anilines is 1. The summed E-state index contributed by atoms with van der Waals surface area (Å²) >= 11 is 0. The van der Waals surface area contributed by atoms with Crippen LogP contribution in [-0.2, 0) is 32.2 Å². The number of hydrogen-bond acceptors (Lipinski definition) is 5. The zero-order chi connectivity index (χ0) is 26.1. The molecule has 4 amide bonds. The molecule has 0 spiro atoms. The number of ether oxygens (including phenoxy) is 1. The topological polar surface area (TPSA) is 117 Å². The number of carbonyl (C=O) groups is 4. The van der Waals surface area contributed by atoms with E-state index < -0.39 is 17.6 Å². The summed E-state index contributed by atoms with van der Waals surface area (Å²) in [5, 5.41) is 8.27. The summed E-state index contributed by atoms with van der Waals surface area (Å²) in [6.45, 7) is 6.51. The Kier molecular flexibility index (Phi) is 9.05. The number of para-hydroxylation sites is 1. The number of amides is 4. The molecule has 36 heavy (non-hydrogen) atoms. The van der Waals surface area contributed by atoms with Gasteiger partial charge >= 0.3 is 6.09 Å². The van der Waals surface area contributed by atoms with Crippen LogP contribution in [0.3, 0.4) is 0 Å². The molecule has 1 aliphatic rings. The van der Waals surface area contributed by atoms with E-state index in [0.29, 0.717) is 18.8 Å². The Morgan fingerprint density at radius 2 is 1.69 bits per heavy atom. The van der Waals surface area contributed by atoms with Crippen LogP contribution in [0.25, 0.3) is 0 Å². The van der Waals surface area contributed by atoms with E-state index in [1.807, 2.05) is 42.5 Å². The first-order chi connectivity index (χ1) is 17.1. The highest BCUT2D eigenvalue weighted by Crippen LogP contribution is 2.21. The number of benzene rings is 2. The molecule has 1 atom stereocenters. The molecule has 0 saturated carbocycles. The van der Waals surface area contributed by atoms with Crippen molar-refractivity contribution in [3.8, 4) is 0 Å². The maximum Gasteiger partial charge on any atom is 0.407 e. The van der Waals surface area contributed by atoms with Crippen LogP contribution in [-0.4, -0.2) is 47.4 Å². The van der Waals surface area contributed by atoms with Crippen molar-refractivity contribution in [3.63, 3.8) is 0 Å². The summed E-state index contributed by atoms with van der Waals surface area (Å²) in [6.07, 6.45) is -0.325. The summed E-state index contributed by atoms with van der Waals surface area (Å²) in [6, 6.07) is 16.9. The van der Waals surface area contributed by atoms with E-state index in [-0.39, 0.29) is 43.7 Å². The standard InChI is InChI=1S/C27H34N4O5/c1-27(2,3)36-26(35)28-14-13-23(32)30-22-12-8-7-11-20(22)16-29-25(34)21-15-24(33)31(18-21)17-19-9-5-4-6-10-19/h4-12,21H,13-18H2,1-3H3,(H,28,35)(H,29,34)(H,30,32). The third kappa shape index (κ3) is 8.41. The van der Waals surface area contributed by atoms with E-state index in [2.05, 4.69) is 16.0 Å². The number of rotatable bonds is 9. The van der Waals surface area contributed by atoms with Crippen molar-refractivity contribution in [3.05, 3.63) is 65.7 Å². The first-order valence-corrected chi connectivity index (χ1v) is 12.0. The molecule has 9 heteroatoms. The average molecular weight is 495 g/mol. The normalized spacial score (nSPS) is 15.4. The highest BCUT2D eigenvalue weighted by molar-refractivity contribution is 5.92. The summed E-state index contributed by atoms with van der Waals surface area (Å²) in [4.78, 5) is 51.0. The number of likely N-dealkylation sites (tertiary alicyclic amines) is 1. The number of hydrogen-bond donors (Lipinski definition) is 3. The Balaban J connectivity index is 1.46. The summed E-state index contributed by atoms with van der Waals surface area (Å²) < 4.78 is 5.15. The molecule has 0 aromatic heterocycles. The third-order valence-electron chi connectivity index (χ3n) is 5.57. The van der Waals surface area contributed by atoms with Crippen molar-refractivity contribution >= 4 is 29.5 Å². The van der Waals surface area contributed by atoms with E-state index in [1.165, 1.54) is 0 Å². The summed E-state index contributed by atoms with van der Waals surface area (Å²) in [5.41, 5.74) is 1.73. The second-order valence-electron chi connectivity index (χ2n) is 9.76. The molecule has 1 saturated heterocycles. The summed E-state index contributed by atoms with van der Waals surface area (Å²) in [5.74, 6) is -0.919. The molecular formula is C27H34N4O5. The van der Waals surface area contributed by atoms with Crippen LogP contribution in [0.15, 0.2) is 54.6 Å². The van der Waals surface area contributed by atoms with Crippen LogP contribution in [0.2, 0.25) is 0 Å². The molecular weight excluding hydrogens is 460 g/mol. The van der Waals surface area contributed by atoms with E-state index in [4.69, 9.17) is 4.74 Å². The van der Waals surface area contributed by atoms with Gasteiger partial charge in [0.1, 0.15) is 5.60 Å². The first-order valence-electron chi connectivity index (χ1n) is 12.0. The van der Waals surface area contributed by atoms with Gasteiger partial charge < -0.3 is 25.6 Å². The summed E-state index contributed by atoms with van der Waals surface area (Å²) in [7, 11) is 0. The van der Waals surface area contributed by atoms with Crippen LogP contribution >= 0.6 is 0 Å². The lowest BCUT2D eigenvalue weighted by atomic mass is 10.1. The molecule has 0 bridgehead atoms. The van der Waals surface area contributed by atoms with Crippen molar-refractivity contribution < 1.29 is 23.9 Å². The Morgan fingerprint density at radius 3 is 2.42 bits per heavy atom. The Morgan fingerprint density at radius 1 is 1.00 bits per heavy atom. The van der Waals surface area contributed by atoms with Gasteiger partial charge in [-0.1, -0.05) is 48.5 Å². The fraction of sp³-hybridized carbons (Fsp3) is 0.407. The van der Waals surface area contributed by atoms with Gasteiger partial charge in [-0.3, -0.25) is 14.4 Å². The maximum absolute atomic E-state index is 12.8. The van der Waals surface area contributed by atoms with Crippen LogP contribution in [0, 0.1) is 5.92 Å². The molecule has 3 N–H and O–H groups in total. The quantitative estimate of drug-likeness (QED) is 0.495. The van der Waals surface area contributed by atoms with Gasteiger partial charge in [-0.05, 0) is 38.0 Å². The zero-order valence-corrected chi connectivity index (χ0v) is 21.0. The first kappa shape index (κ1) is 26.7. The molecule has 1 aliphatic heterocycles. The van der Waals surface area contributed by atoms with Crippen LogP contribution in [0.5, 0.6) is 0 Å². The van der Waals surface area contributed by atoms with Gasteiger partial charge in [0.15, 0.2) is 0 Å². The fourth-order valence-corrected chi connectivity index (χ4v) is 3.83. The minimum atomic E-state index is -0.609. The van der Waals surface area contributed by atoms with Gasteiger partial charge in [-0.25, -0.2) is 4.79 Å². The second-order valence-corrected chi connectivity index (χ2v) is 9.76. The molecule has 1 unspecified atom stereocenters. The average Bonchev–Trinajstić information content (AvgIpc) is 3.18.